The summed E-state index contributed by atoms with van der Waals surface area (Å²) in [6.45, 7) is 2.62. The molecule has 5 heteroatoms. The van der Waals surface area contributed by atoms with Crippen molar-refractivity contribution < 1.29 is 9.59 Å². The second kappa shape index (κ2) is 9.09. The quantitative estimate of drug-likeness (QED) is 0.608. The van der Waals surface area contributed by atoms with Crippen LogP contribution in [0.25, 0.3) is 0 Å². The van der Waals surface area contributed by atoms with Crippen LogP contribution < -0.4 is 16.4 Å². The molecule has 1 rings (SSSR count). The first-order chi connectivity index (χ1) is 9.63. The monoisotopic (exact) mass is 277 g/mol. The third-order valence-corrected chi connectivity index (χ3v) is 2.91. The molecule has 0 spiro atoms. The average Bonchev–Trinajstić information content (AvgIpc) is 2.43. The third kappa shape index (κ3) is 6.33. The number of hydrogen-bond donors (Lipinski definition) is 3. The molecule has 0 saturated heterocycles. The Bertz CT molecular complexity index is 420. The van der Waals surface area contributed by atoms with E-state index in [0.717, 1.165) is 18.4 Å². The van der Waals surface area contributed by atoms with Gasteiger partial charge >= 0.3 is 0 Å². The summed E-state index contributed by atoms with van der Waals surface area (Å²) in [6.07, 6.45) is 2.22. The minimum absolute atomic E-state index is 0.152. The minimum Gasteiger partial charge on any atom is -0.354 e. The van der Waals surface area contributed by atoms with E-state index in [1.54, 1.807) is 0 Å². The summed E-state index contributed by atoms with van der Waals surface area (Å²) >= 11 is 0. The number of benzene rings is 1. The molecule has 0 heterocycles. The molecule has 2 amide bonds. The normalized spacial score (nSPS) is 11.7. The van der Waals surface area contributed by atoms with Gasteiger partial charge in [-0.1, -0.05) is 30.3 Å². The number of carbonyl (C=O) groups excluding carboxylic acids is 2. The fraction of sp³-hybridized carbons (Fsp3) is 0.467. The lowest BCUT2D eigenvalue weighted by Crippen LogP contribution is -2.47. The van der Waals surface area contributed by atoms with Crippen LogP contribution in [0.4, 0.5) is 0 Å². The molecule has 1 aromatic carbocycles. The molecule has 0 aliphatic heterocycles. The molecule has 1 unspecified atom stereocenters. The molecule has 110 valence electrons. The van der Waals surface area contributed by atoms with Crippen molar-refractivity contribution in [2.45, 2.75) is 32.2 Å². The zero-order valence-corrected chi connectivity index (χ0v) is 11.9. The number of carbonyl (C=O) groups is 2. The number of unbranched alkanes of at least 4 members (excludes halogenated alkanes) is 1. The smallest absolute Gasteiger partial charge is 0.242 e. The molecule has 0 bridgehead atoms. The summed E-state index contributed by atoms with van der Waals surface area (Å²) < 4.78 is 0. The highest BCUT2D eigenvalue weighted by Crippen LogP contribution is 2.03. The molecular formula is C15H23N3O2. The van der Waals surface area contributed by atoms with Crippen molar-refractivity contribution in [3.8, 4) is 0 Å². The van der Waals surface area contributed by atoms with Crippen LogP contribution in [0, 0.1) is 0 Å². The van der Waals surface area contributed by atoms with Crippen LogP contribution in [-0.4, -0.2) is 30.9 Å². The Kier molecular flexibility index (Phi) is 7.35. The van der Waals surface area contributed by atoms with Gasteiger partial charge in [0.1, 0.15) is 6.04 Å². The van der Waals surface area contributed by atoms with E-state index in [2.05, 4.69) is 10.6 Å². The van der Waals surface area contributed by atoms with Gasteiger partial charge in [-0.15, -0.1) is 0 Å². The van der Waals surface area contributed by atoms with E-state index in [0.29, 0.717) is 19.5 Å². The number of hydrogen-bond acceptors (Lipinski definition) is 3. The Balaban J connectivity index is 2.54. The van der Waals surface area contributed by atoms with E-state index in [-0.39, 0.29) is 11.8 Å². The van der Waals surface area contributed by atoms with Crippen LogP contribution in [-0.2, 0) is 16.0 Å². The summed E-state index contributed by atoms with van der Waals surface area (Å²) in [5.74, 6) is -0.357. The summed E-state index contributed by atoms with van der Waals surface area (Å²) in [6, 6.07) is 9.10. The lowest BCUT2D eigenvalue weighted by atomic mass is 10.1. The summed E-state index contributed by atoms with van der Waals surface area (Å²) in [7, 11) is 0. The Labute approximate surface area is 119 Å². The number of nitrogens with one attached hydrogen (secondary N) is 2. The van der Waals surface area contributed by atoms with Crippen molar-refractivity contribution in [1.29, 1.82) is 0 Å². The fourth-order valence-corrected chi connectivity index (χ4v) is 1.91. The molecule has 0 aliphatic rings. The van der Waals surface area contributed by atoms with Crippen molar-refractivity contribution in [1.82, 2.24) is 10.6 Å². The van der Waals surface area contributed by atoms with E-state index in [9.17, 15) is 9.59 Å². The first-order valence-corrected chi connectivity index (χ1v) is 6.92. The van der Waals surface area contributed by atoms with E-state index in [4.69, 9.17) is 5.73 Å². The molecule has 4 N–H and O–H groups in total. The molecule has 20 heavy (non-hydrogen) atoms. The van der Waals surface area contributed by atoms with Crippen LogP contribution in [0.15, 0.2) is 30.3 Å². The number of rotatable bonds is 8. The van der Waals surface area contributed by atoms with Crippen LogP contribution in [0.1, 0.15) is 25.3 Å². The SMILES string of the molecule is CC(=O)NC(Cc1ccccc1)C(=O)NCCCCN. The van der Waals surface area contributed by atoms with Crippen LogP contribution >= 0.6 is 0 Å². The van der Waals surface area contributed by atoms with Gasteiger partial charge in [-0.3, -0.25) is 9.59 Å². The summed E-state index contributed by atoms with van der Waals surface area (Å²) in [5, 5.41) is 5.53. The molecule has 1 atom stereocenters. The van der Waals surface area contributed by atoms with Gasteiger partial charge in [-0.25, -0.2) is 0 Å². The van der Waals surface area contributed by atoms with E-state index in [1.165, 1.54) is 6.92 Å². The Morgan fingerprint density at radius 1 is 1.20 bits per heavy atom. The maximum Gasteiger partial charge on any atom is 0.242 e. The first kappa shape index (κ1) is 16.2. The summed E-state index contributed by atoms with van der Waals surface area (Å²) in [4.78, 5) is 23.3. The molecule has 0 aliphatic carbocycles. The molecule has 5 nitrogen and oxygen atoms in total. The second-order valence-electron chi connectivity index (χ2n) is 4.73. The van der Waals surface area contributed by atoms with Gasteiger partial charge in [-0.2, -0.15) is 0 Å². The molecule has 0 aromatic heterocycles. The Hall–Kier alpha value is -1.88. The van der Waals surface area contributed by atoms with Gasteiger partial charge in [0, 0.05) is 19.9 Å². The van der Waals surface area contributed by atoms with E-state index in [1.807, 2.05) is 30.3 Å². The van der Waals surface area contributed by atoms with Gasteiger partial charge in [0.2, 0.25) is 11.8 Å². The molecular weight excluding hydrogens is 254 g/mol. The standard InChI is InChI=1S/C15H23N3O2/c1-12(19)18-14(11-13-7-3-2-4-8-13)15(20)17-10-6-5-9-16/h2-4,7-8,14H,5-6,9-11,16H2,1H3,(H,17,20)(H,18,19). The van der Waals surface area contributed by atoms with Crippen LogP contribution in [0.3, 0.4) is 0 Å². The highest BCUT2D eigenvalue weighted by Gasteiger charge is 2.19. The highest BCUT2D eigenvalue weighted by atomic mass is 16.2. The van der Waals surface area contributed by atoms with E-state index >= 15 is 0 Å². The lowest BCUT2D eigenvalue weighted by Gasteiger charge is -2.17. The second-order valence-corrected chi connectivity index (χ2v) is 4.73. The first-order valence-electron chi connectivity index (χ1n) is 6.92. The number of amides is 2. The third-order valence-electron chi connectivity index (χ3n) is 2.91. The van der Waals surface area contributed by atoms with Gasteiger partial charge in [0.15, 0.2) is 0 Å². The fourth-order valence-electron chi connectivity index (χ4n) is 1.91. The predicted molar refractivity (Wildman–Crippen MR) is 79.0 cm³/mol. The van der Waals surface area contributed by atoms with Gasteiger partial charge < -0.3 is 16.4 Å². The Morgan fingerprint density at radius 2 is 1.90 bits per heavy atom. The van der Waals surface area contributed by atoms with Gasteiger partial charge in [-0.05, 0) is 24.9 Å². The topological polar surface area (TPSA) is 84.2 Å². The van der Waals surface area contributed by atoms with Crippen LogP contribution in [0.5, 0.6) is 0 Å². The molecule has 0 radical (unpaired) electrons. The lowest BCUT2D eigenvalue weighted by molar-refractivity contribution is -0.128. The molecule has 0 saturated carbocycles. The summed E-state index contributed by atoms with van der Waals surface area (Å²) in [5.41, 5.74) is 6.42. The van der Waals surface area contributed by atoms with Crippen molar-refractivity contribution in [2.24, 2.45) is 5.73 Å². The van der Waals surface area contributed by atoms with Crippen molar-refractivity contribution >= 4 is 11.8 Å². The van der Waals surface area contributed by atoms with Crippen molar-refractivity contribution in [3.05, 3.63) is 35.9 Å². The van der Waals surface area contributed by atoms with Gasteiger partial charge in [0.25, 0.3) is 0 Å². The van der Waals surface area contributed by atoms with E-state index < -0.39 is 6.04 Å². The molecule has 0 fully saturated rings. The maximum absolute atomic E-state index is 12.1. The van der Waals surface area contributed by atoms with Crippen molar-refractivity contribution in [3.63, 3.8) is 0 Å². The number of nitrogens with two attached hydrogens (primary N) is 1. The zero-order chi connectivity index (χ0) is 14.8. The average molecular weight is 277 g/mol. The van der Waals surface area contributed by atoms with Crippen molar-refractivity contribution in [2.75, 3.05) is 13.1 Å². The highest BCUT2D eigenvalue weighted by molar-refractivity contribution is 5.87. The maximum atomic E-state index is 12.1. The Morgan fingerprint density at radius 3 is 2.50 bits per heavy atom. The van der Waals surface area contributed by atoms with Crippen LogP contribution in [0.2, 0.25) is 0 Å². The minimum atomic E-state index is -0.534. The predicted octanol–water partition coefficient (Wildman–Crippen LogP) is 0.589. The van der Waals surface area contributed by atoms with Gasteiger partial charge in [0.05, 0.1) is 0 Å². The largest absolute Gasteiger partial charge is 0.354 e. The molecule has 1 aromatic rings. The zero-order valence-electron chi connectivity index (χ0n) is 11.9.